The Morgan fingerprint density at radius 1 is 1.90 bits per heavy atom. The van der Waals surface area contributed by atoms with Gasteiger partial charge in [-0.15, -0.1) is 18.2 Å². The molecule has 0 bridgehead atoms. The van der Waals surface area contributed by atoms with E-state index < -0.39 is 5.38 Å². The summed E-state index contributed by atoms with van der Waals surface area (Å²) in [6, 6.07) is 0. The zero-order valence-corrected chi connectivity index (χ0v) is 6.82. The first kappa shape index (κ1) is 9.50. The van der Waals surface area contributed by atoms with Crippen molar-refractivity contribution in [3.63, 3.8) is 0 Å². The van der Waals surface area contributed by atoms with Crippen LogP contribution in [0.2, 0.25) is 0 Å². The Balaban J connectivity index is 3.51. The van der Waals surface area contributed by atoms with Crippen molar-refractivity contribution in [2.24, 2.45) is 0 Å². The molecule has 3 heteroatoms. The molecule has 0 fully saturated rings. The van der Waals surface area contributed by atoms with Crippen LogP contribution in [0.3, 0.4) is 0 Å². The second-order valence-electron chi connectivity index (χ2n) is 1.93. The van der Waals surface area contributed by atoms with Crippen LogP contribution in [-0.4, -0.2) is 17.8 Å². The summed E-state index contributed by atoms with van der Waals surface area (Å²) in [6.45, 7) is 6.06. The Bertz CT molecular complexity index is 125. The summed E-state index contributed by atoms with van der Waals surface area (Å²) in [5.74, 6) is -0.168. The predicted octanol–water partition coefficient (Wildman–Crippen LogP) is 1.31. The molecular weight excluding hydrogens is 150 g/mol. The zero-order chi connectivity index (χ0) is 7.98. The first-order valence-electron chi connectivity index (χ1n) is 3.26. The van der Waals surface area contributed by atoms with Crippen LogP contribution in [0.4, 0.5) is 0 Å². The molecule has 1 amide bonds. The summed E-state index contributed by atoms with van der Waals surface area (Å²) in [7, 11) is 0. The Kier molecular flexibility index (Phi) is 5.03. The minimum atomic E-state index is -0.591. The van der Waals surface area contributed by atoms with Gasteiger partial charge in [0.15, 0.2) is 0 Å². The summed E-state index contributed by atoms with van der Waals surface area (Å²) in [5.41, 5.74) is 0. The molecule has 0 aliphatic carbocycles. The highest BCUT2D eigenvalue weighted by Gasteiger charge is 2.08. The standard InChI is InChI=1S/C7H12ClNO/c1-3-5-9-7(10)6(8)4-2/h4,6H,2-3,5H2,1H3,(H,9,10). The molecule has 0 spiro atoms. The third-order valence-electron chi connectivity index (χ3n) is 1.01. The second kappa shape index (κ2) is 5.30. The van der Waals surface area contributed by atoms with Gasteiger partial charge in [-0.3, -0.25) is 4.79 Å². The molecule has 0 aromatic heterocycles. The smallest absolute Gasteiger partial charge is 0.241 e. The van der Waals surface area contributed by atoms with Gasteiger partial charge in [-0.25, -0.2) is 0 Å². The Morgan fingerprint density at radius 2 is 2.50 bits per heavy atom. The van der Waals surface area contributed by atoms with Gasteiger partial charge in [-0.1, -0.05) is 13.0 Å². The van der Waals surface area contributed by atoms with Gasteiger partial charge in [0.2, 0.25) is 5.91 Å². The Hall–Kier alpha value is -0.500. The topological polar surface area (TPSA) is 29.1 Å². The second-order valence-corrected chi connectivity index (χ2v) is 2.40. The van der Waals surface area contributed by atoms with E-state index in [4.69, 9.17) is 11.6 Å². The molecule has 0 saturated carbocycles. The molecule has 2 nitrogen and oxygen atoms in total. The average molecular weight is 162 g/mol. The normalized spacial score (nSPS) is 12.2. The number of carbonyl (C=O) groups is 1. The van der Waals surface area contributed by atoms with E-state index in [0.29, 0.717) is 6.54 Å². The first-order chi connectivity index (χ1) is 4.72. The lowest BCUT2D eigenvalue weighted by Crippen LogP contribution is -2.30. The van der Waals surface area contributed by atoms with Gasteiger partial charge in [0.1, 0.15) is 5.38 Å². The van der Waals surface area contributed by atoms with Gasteiger partial charge in [-0.05, 0) is 6.42 Å². The van der Waals surface area contributed by atoms with Crippen LogP contribution in [0.5, 0.6) is 0 Å². The van der Waals surface area contributed by atoms with E-state index in [9.17, 15) is 4.79 Å². The molecule has 0 aromatic rings. The fourth-order valence-corrected chi connectivity index (χ4v) is 0.530. The van der Waals surface area contributed by atoms with E-state index in [2.05, 4.69) is 11.9 Å². The number of carbonyl (C=O) groups excluding carboxylic acids is 1. The van der Waals surface area contributed by atoms with Crippen molar-refractivity contribution in [2.75, 3.05) is 6.54 Å². The third kappa shape index (κ3) is 3.51. The highest BCUT2D eigenvalue weighted by atomic mass is 35.5. The lowest BCUT2D eigenvalue weighted by atomic mass is 10.4. The molecule has 58 valence electrons. The van der Waals surface area contributed by atoms with Gasteiger partial charge in [-0.2, -0.15) is 0 Å². The van der Waals surface area contributed by atoms with Gasteiger partial charge < -0.3 is 5.32 Å². The molecule has 10 heavy (non-hydrogen) atoms. The third-order valence-corrected chi connectivity index (χ3v) is 1.38. The summed E-state index contributed by atoms with van der Waals surface area (Å²) in [4.78, 5) is 10.8. The molecule has 0 heterocycles. The van der Waals surface area contributed by atoms with Crippen LogP contribution in [0.15, 0.2) is 12.7 Å². The van der Waals surface area contributed by atoms with Crippen molar-refractivity contribution < 1.29 is 4.79 Å². The van der Waals surface area contributed by atoms with E-state index in [1.54, 1.807) is 0 Å². The molecule has 0 radical (unpaired) electrons. The molecule has 0 saturated heterocycles. The number of alkyl halides is 1. The fourth-order valence-electron chi connectivity index (χ4n) is 0.453. The summed E-state index contributed by atoms with van der Waals surface area (Å²) < 4.78 is 0. The summed E-state index contributed by atoms with van der Waals surface area (Å²) >= 11 is 5.52. The maximum atomic E-state index is 10.8. The van der Waals surface area contributed by atoms with Crippen molar-refractivity contribution in [3.05, 3.63) is 12.7 Å². The molecule has 1 unspecified atom stereocenters. The van der Waals surface area contributed by atoms with Crippen molar-refractivity contribution >= 4 is 17.5 Å². The number of halogens is 1. The van der Waals surface area contributed by atoms with Gasteiger partial charge in [0, 0.05) is 6.54 Å². The number of hydrogen-bond donors (Lipinski definition) is 1. The SMILES string of the molecule is C=CC(Cl)C(=O)NCCC. The quantitative estimate of drug-likeness (QED) is 0.489. The largest absolute Gasteiger partial charge is 0.355 e. The lowest BCUT2D eigenvalue weighted by molar-refractivity contribution is -0.119. The molecule has 0 aromatic carbocycles. The fraction of sp³-hybridized carbons (Fsp3) is 0.571. The highest BCUT2D eigenvalue weighted by molar-refractivity contribution is 6.32. The van der Waals surface area contributed by atoms with Crippen molar-refractivity contribution in [3.8, 4) is 0 Å². The zero-order valence-electron chi connectivity index (χ0n) is 6.06. The molecule has 1 atom stereocenters. The minimum Gasteiger partial charge on any atom is -0.355 e. The van der Waals surface area contributed by atoms with Crippen molar-refractivity contribution in [1.29, 1.82) is 0 Å². The maximum absolute atomic E-state index is 10.8. The van der Waals surface area contributed by atoms with Crippen LogP contribution in [-0.2, 0) is 4.79 Å². The van der Waals surface area contributed by atoms with Crippen molar-refractivity contribution in [1.82, 2.24) is 5.32 Å². The Labute approximate surface area is 66.3 Å². The predicted molar refractivity (Wildman–Crippen MR) is 43.1 cm³/mol. The van der Waals surface area contributed by atoms with Crippen LogP contribution in [0, 0.1) is 0 Å². The number of amides is 1. The lowest BCUT2D eigenvalue weighted by Gasteiger charge is -2.03. The number of rotatable bonds is 4. The molecule has 0 aliphatic heterocycles. The Morgan fingerprint density at radius 3 is 2.90 bits per heavy atom. The van der Waals surface area contributed by atoms with E-state index in [0.717, 1.165) is 6.42 Å². The van der Waals surface area contributed by atoms with Gasteiger partial charge >= 0.3 is 0 Å². The monoisotopic (exact) mass is 161 g/mol. The van der Waals surface area contributed by atoms with E-state index >= 15 is 0 Å². The summed E-state index contributed by atoms with van der Waals surface area (Å²) in [5, 5.41) is 2.05. The van der Waals surface area contributed by atoms with Crippen molar-refractivity contribution in [2.45, 2.75) is 18.7 Å². The average Bonchev–Trinajstić information content (AvgIpc) is 1.98. The number of nitrogens with one attached hydrogen (secondary N) is 1. The van der Waals surface area contributed by atoms with Gasteiger partial charge in [0.05, 0.1) is 0 Å². The molecule has 0 aliphatic rings. The molecular formula is C7H12ClNO. The van der Waals surface area contributed by atoms with Crippen LogP contribution in [0.1, 0.15) is 13.3 Å². The van der Waals surface area contributed by atoms with E-state index in [1.807, 2.05) is 6.92 Å². The van der Waals surface area contributed by atoms with Crippen LogP contribution < -0.4 is 5.32 Å². The summed E-state index contributed by atoms with van der Waals surface area (Å²) in [6.07, 6.45) is 2.33. The first-order valence-corrected chi connectivity index (χ1v) is 3.70. The van der Waals surface area contributed by atoms with Crippen LogP contribution in [0.25, 0.3) is 0 Å². The number of hydrogen-bond acceptors (Lipinski definition) is 1. The van der Waals surface area contributed by atoms with Gasteiger partial charge in [0.25, 0.3) is 0 Å². The van der Waals surface area contributed by atoms with Crippen LogP contribution >= 0.6 is 11.6 Å². The minimum absolute atomic E-state index is 0.168. The van der Waals surface area contributed by atoms with E-state index in [-0.39, 0.29) is 5.91 Å². The maximum Gasteiger partial charge on any atom is 0.241 e. The highest BCUT2D eigenvalue weighted by Crippen LogP contribution is 1.95. The molecule has 1 N–H and O–H groups in total. The molecule has 0 rings (SSSR count). The van der Waals surface area contributed by atoms with E-state index in [1.165, 1.54) is 6.08 Å².